The van der Waals surface area contributed by atoms with Crippen molar-refractivity contribution in [2.24, 2.45) is 0 Å². The summed E-state index contributed by atoms with van der Waals surface area (Å²) in [5, 5.41) is 103. The summed E-state index contributed by atoms with van der Waals surface area (Å²) in [5.41, 5.74) is -23.5. The Morgan fingerprint density at radius 1 is 0.397 bits per heavy atom. The summed E-state index contributed by atoms with van der Waals surface area (Å²) in [6, 6.07) is 3.62. The number of non-ortho nitro benzene ring substituents is 3. The van der Waals surface area contributed by atoms with E-state index in [0.29, 0.717) is 48.5 Å². The SMILES string of the molecule is O=c1c(=O)c(=C2c3cc([N+](=O)[O-])cc([N+](=O)[O-])c3-c3c2cc([N+](=O)[O-])cc3[N+](=O)[O-])c(=O)c1=C1c2cc(N([O-])O)cc([N+](=O)[O-])c2-c2c1cc([N+](=O)[O-])cc2[N+](=O)[O-]. The van der Waals surface area contributed by atoms with Crippen LogP contribution in [0, 0.1) is 76.0 Å². The van der Waals surface area contributed by atoms with Crippen molar-refractivity contribution in [3.8, 4) is 22.3 Å². The molecule has 0 spiro atoms. The van der Waals surface area contributed by atoms with Gasteiger partial charge < -0.3 is 10.4 Å². The van der Waals surface area contributed by atoms with E-state index >= 15 is 0 Å². The summed E-state index contributed by atoms with van der Waals surface area (Å²) in [5.74, 6) is 0. The van der Waals surface area contributed by atoms with Gasteiger partial charge in [-0.2, -0.15) is 0 Å². The third-order valence-corrected chi connectivity index (χ3v) is 9.24. The van der Waals surface area contributed by atoms with Gasteiger partial charge in [-0.05, 0) is 6.07 Å². The van der Waals surface area contributed by atoms with Crippen LogP contribution in [0.2, 0.25) is 0 Å². The van der Waals surface area contributed by atoms with Crippen molar-refractivity contribution >= 4 is 56.6 Å². The summed E-state index contributed by atoms with van der Waals surface area (Å²) in [6.07, 6.45) is 0. The van der Waals surface area contributed by atoms with E-state index in [1.54, 1.807) is 0 Å². The Morgan fingerprint density at radius 2 is 0.672 bits per heavy atom. The van der Waals surface area contributed by atoms with Crippen LogP contribution >= 0.6 is 0 Å². The molecular formula is C31H9N8O19-. The standard InChI is InChI=1S/C31H9N8O19/c40-29-27(21-13-1-9(32(43)44)5-17(36(51)52)23(13)24-14(21)2-10(33(45)46)6-18(24)37(53)54)30(41)31(42)28(29)22-15-3-11(34(47)48)7-19(38(55)56)25(15)26-16(22)4-12(35(49)50)8-20(26)39(57)58/h1-8,43H/q-1. The molecule has 27 heteroatoms. The molecule has 0 atom stereocenters. The first-order chi connectivity index (χ1) is 27.2. The number of benzene rings is 4. The molecule has 0 aliphatic heterocycles. The number of nitrogens with zero attached hydrogens (tertiary/aromatic N) is 8. The fourth-order valence-electron chi connectivity index (χ4n) is 7.13. The lowest BCUT2D eigenvalue weighted by Gasteiger charge is -2.22. The van der Waals surface area contributed by atoms with Crippen molar-refractivity contribution in [1.29, 1.82) is 0 Å². The van der Waals surface area contributed by atoms with Crippen LogP contribution in [0.5, 0.6) is 0 Å². The van der Waals surface area contributed by atoms with Crippen molar-refractivity contribution in [3.05, 3.63) is 188 Å². The van der Waals surface area contributed by atoms with Crippen LogP contribution in [0.4, 0.5) is 45.5 Å². The summed E-state index contributed by atoms with van der Waals surface area (Å²) < 4.78 is 0. The molecule has 27 nitrogen and oxygen atoms in total. The molecule has 0 radical (unpaired) electrons. The normalized spacial score (nSPS) is 13.0. The fraction of sp³-hybridized carbons (Fsp3) is 0. The molecule has 0 saturated carbocycles. The lowest BCUT2D eigenvalue weighted by Crippen LogP contribution is -2.39. The summed E-state index contributed by atoms with van der Waals surface area (Å²) >= 11 is 0. The number of nitro groups is 7. The monoisotopic (exact) mass is 797 g/mol. The highest BCUT2D eigenvalue weighted by Crippen LogP contribution is 2.55. The molecule has 1 N–H and O–H groups in total. The van der Waals surface area contributed by atoms with Gasteiger partial charge in [0.2, 0.25) is 16.3 Å². The van der Waals surface area contributed by atoms with Gasteiger partial charge in [0, 0.05) is 57.7 Å². The average molecular weight is 797 g/mol. The number of rotatable bonds is 8. The highest BCUT2D eigenvalue weighted by Gasteiger charge is 2.43. The van der Waals surface area contributed by atoms with Gasteiger partial charge in [0.15, 0.2) is 0 Å². The van der Waals surface area contributed by atoms with E-state index < -0.39 is 168 Å². The average Bonchev–Trinajstić information content (AvgIpc) is 3.72. The fourth-order valence-corrected chi connectivity index (χ4v) is 7.13. The molecule has 0 unspecified atom stereocenters. The minimum absolute atomic E-state index is 0.357. The highest BCUT2D eigenvalue weighted by atomic mass is 16.8. The first-order valence-corrected chi connectivity index (χ1v) is 15.2. The van der Waals surface area contributed by atoms with Gasteiger partial charge in [-0.3, -0.25) is 90.4 Å². The number of anilines is 1. The Labute approximate surface area is 311 Å². The minimum Gasteiger partial charge on any atom is -0.733 e. The number of hydrogen-bond donors (Lipinski definition) is 1. The molecule has 288 valence electrons. The van der Waals surface area contributed by atoms with Gasteiger partial charge in [0.1, 0.15) is 0 Å². The Morgan fingerprint density at radius 3 is 0.931 bits per heavy atom. The second-order valence-corrected chi connectivity index (χ2v) is 12.1. The van der Waals surface area contributed by atoms with Crippen LogP contribution in [0.3, 0.4) is 0 Å². The Balaban J connectivity index is 1.83. The molecule has 58 heavy (non-hydrogen) atoms. The van der Waals surface area contributed by atoms with E-state index in [0.717, 1.165) is 0 Å². The van der Waals surface area contributed by atoms with E-state index in [-0.39, 0.29) is 0 Å². The van der Waals surface area contributed by atoms with Crippen molar-refractivity contribution in [2.75, 3.05) is 5.23 Å². The van der Waals surface area contributed by atoms with Crippen LogP contribution in [0.15, 0.2) is 62.9 Å². The molecule has 2 aliphatic rings. The van der Waals surface area contributed by atoms with Crippen LogP contribution in [-0.4, -0.2) is 39.7 Å². The van der Waals surface area contributed by atoms with Crippen molar-refractivity contribution < 1.29 is 39.7 Å². The molecule has 0 fully saturated rings. The van der Waals surface area contributed by atoms with Gasteiger partial charge in [0.25, 0.3) is 39.8 Å². The summed E-state index contributed by atoms with van der Waals surface area (Å²) in [7, 11) is 0. The zero-order valence-electron chi connectivity index (χ0n) is 27.5. The molecule has 0 heterocycles. The molecule has 7 rings (SSSR count). The zero-order chi connectivity index (χ0) is 42.6. The lowest BCUT2D eigenvalue weighted by atomic mass is 9.99. The van der Waals surface area contributed by atoms with Crippen molar-refractivity contribution in [3.63, 3.8) is 0 Å². The number of fused-ring (bicyclic) bond motifs is 6. The van der Waals surface area contributed by atoms with Gasteiger partial charge in [-0.15, -0.1) is 0 Å². The smallest absolute Gasteiger partial charge is 0.284 e. The maximum absolute atomic E-state index is 14.7. The Hall–Kier alpha value is -9.11. The molecular weight excluding hydrogens is 788 g/mol. The van der Waals surface area contributed by atoms with Gasteiger partial charge in [-0.1, -0.05) is 0 Å². The second kappa shape index (κ2) is 12.5. The molecule has 5 aromatic rings. The molecule has 5 aromatic carbocycles. The highest BCUT2D eigenvalue weighted by molar-refractivity contribution is 6.10. The topological polar surface area (TPSA) is 400 Å². The number of nitro benzene ring substituents is 7. The van der Waals surface area contributed by atoms with Crippen LogP contribution < -0.4 is 32.0 Å². The molecule has 0 bridgehead atoms. The largest absolute Gasteiger partial charge is 0.733 e. The lowest BCUT2D eigenvalue weighted by molar-refractivity contribution is -0.395. The van der Waals surface area contributed by atoms with E-state index in [4.69, 9.17) is 0 Å². The maximum atomic E-state index is 14.7. The van der Waals surface area contributed by atoms with E-state index in [1.165, 1.54) is 0 Å². The van der Waals surface area contributed by atoms with Crippen LogP contribution in [0.25, 0.3) is 33.4 Å². The molecule has 0 aromatic heterocycles. The summed E-state index contributed by atoms with van der Waals surface area (Å²) in [6.45, 7) is 0. The minimum atomic E-state index is -1.89. The van der Waals surface area contributed by atoms with Gasteiger partial charge >= 0.3 is 0 Å². The number of hydrogen-bond acceptors (Lipinski definition) is 20. The molecule has 2 aliphatic carbocycles. The van der Waals surface area contributed by atoms with Crippen molar-refractivity contribution in [1.82, 2.24) is 0 Å². The van der Waals surface area contributed by atoms with E-state index in [2.05, 4.69) is 0 Å². The third kappa shape index (κ3) is 5.12. The first-order valence-electron chi connectivity index (χ1n) is 15.2. The predicted molar refractivity (Wildman–Crippen MR) is 188 cm³/mol. The quantitative estimate of drug-likeness (QED) is 0.131. The molecule has 0 saturated heterocycles. The van der Waals surface area contributed by atoms with Gasteiger partial charge in [-0.25, -0.2) is 0 Å². The van der Waals surface area contributed by atoms with Crippen molar-refractivity contribution in [2.45, 2.75) is 0 Å². The summed E-state index contributed by atoms with van der Waals surface area (Å²) in [4.78, 5) is 119. The van der Waals surface area contributed by atoms with Crippen LogP contribution in [0.1, 0.15) is 22.3 Å². The predicted octanol–water partition coefficient (Wildman–Crippen LogP) is 2.15. The molecule has 0 amide bonds. The Kier molecular flexibility index (Phi) is 8.00. The van der Waals surface area contributed by atoms with Gasteiger partial charge in [0.05, 0.1) is 91.0 Å². The van der Waals surface area contributed by atoms with E-state index in [1.807, 2.05) is 0 Å². The third-order valence-electron chi connectivity index (χ3n) is 9.24. The zero-order valence-corrected chi connectivity index (χ0v) is 27.5. The Bertz CT molecular complexity index is 3140. The second-order valence-electron chi connectivity index (χ2n) is 12.1. The maximum Gasteiger partial charge on any atom is 0.284 e. The first kappa shape index (κ1) is 37.2. The van der Waals surface area contributed by atoms with E-state index in [9.17, 15) is 95.6 Å². The van der Waals surface area contributed by atoms with Crippen LogP contribution in [-0.2, 0) is 0 Å².